The minimum atomic E-state index is -0.0989. The number of Topliss-reactive ketones (excluding diaryl/α,β-unsaturated/α-hetero) is 1. The van der Waals surface area contributed by atoms with Crippen molar-refractivity contribution in [3.8, 4) is 6.07 Å². The highest BCUT2D eigenvalue weighted by Gasteiger charge is 2.32. The first-order valence-electron chi connectivity index (χ1n) is 5.71. The van der Waals surface area contributed by atoms with E-state index in [2.05, 4.69) is 6.07 Å². The molecule has 1 aromatic carbocycles. The van der Waals surface area contributed by atoms with Crippen LogP contribution in [0.15, 0.2) is 28.9 Å². The summed E-state index contributed by atoms with van der Waals surface area (Å²) in [7, 11) is 0. The molecule has 0 aromatic heterocycles. The predicted octanol–water partition coefficient (Wildman–Crippen LogP) is 4.82. The van der Waals surface area contributed by atoms with Crippen LogP contribution in [-0.2, 0) is 0 Å². The molecule has 96 valence electrons. The molecule has 0 radical (unpaired) electrons. The molecule has 0 N–H and O–H groups in total. The van der Waals surface area contributed by atoms with Gasteiger partial charge in [0.05, 0.1) is 16.1 Å². The van der Waals surface area contributed by atoms with Crippen LogP contribution >= 0.6 is 23.2 Å². The Balaban J connectivity index is 2.91. The second-order valence-electron chi connectivity index (χ2n) is 4.63. The zero-order chi connectivity index (χ0) is 14.3. The van der Waals surface area contributed by atoms with Gasteiger partial charge in [-0.15, -0.1) is 0 Å². The molecule has 1 aliphatic rings. The van der Waals surface area contributed by atoms with Gasteiger partial charge in [0.15, 0.2) is 5.78 Å². The van der Waals surface area contributed by atoms with Gasteiger partial charge in [-0.2, -0.15) is 5.26 Å². The van der Waals surface area contributed by atoms with Gasteiger partial charge < -0.3 is 0 Å². The summed E-state index contributed by atoms with van der Waals surface area (Å²) >= 11 is 12.0. The Labute approximate surface area is 121 Å². The molecule has 1 aromatic rings. The van der Waals surface area contributed by atoms with Crippen molar-refractivity contribution < 1.29 is 4.79 Å². The van der Waals surface area contributed by atoms with Crippen molar-refractivity contribution in [3.63, 3.8) is 0 Å². The topological polar surface area (TPSA) is 40.9 Å². The van der Waals surface area contributed by atoms with Crippen molar-refractivity contribution in [3.05, 3.63) is 50.0 Å². The van der Waals surface area contributed by atoms with E-state index in [1.54, 1.807) is 19.1 Å². The van der Waals surface area contributed by atoms with Gasteiger partial charge in [-0.1, -0.05) is 28.8 Å². The SMILES string of the molecule is CC(C)=C1C(=O)c2cc(Cl)c(Cl)cc2/C1=C(/C)C#N. The highest BCUT2D eigenvalue weighted by molar-refractivity contribution is 6.43. The summed E-state index contributed by atoms with van der Waals surface area (Å²) in [5.41, 5.74) is 3.82. The molecular formula is C15H11Cl2NO. The molecule has 0 aliphatic heterocycles. The molecule has 0 fully saturated rings. The minimum Gasteiger partial charge on any atom is -0.289 e. The summed E-state index contributed by atoms with van der Waals surface area (Å²) in [5.74, 6) is -0.0989. The number of ketones is 1. The Hall–Kier alpha value is -1.56. The van der Waals surface area contributed by atoms with Crippen LogP contribution in [0.5, 0.6) is 0 Å². The maximum absolute atomic E-state index is 12.4. The Kier molecular flexibility index (Phi) is 3.54. The van der Waals surface area contributed by atoms with E-state index in [1.807, 2.05) is 13.8 Å². The second-order valence-corrected chi connectivity index (χ2v) is 5.44. The predicted molar refractivity (Wildman–Crippen MR) is 77.4 cm³/mol. The fraction of sp³-hybridized carbons (Fsp3) is 0.200. The van der Waals surface area contributed by atoms with Gasteiger partial charge in [-0.05, 0) is 38.5 Å². The molecule has 0 atom stereocenters. The number of halogens is 2. The maximum Gasteiger partial charge on any atom is 0.194 e. The third-order valence-corrected chi connectivity index (χ3v) is 3.82. The number of nitrogens with zero attached hydrogens (tertiary/aromatic N) is 1. The number of hydrogen-bond donors (Lipinski definition) is 0. The van der Waals surface area contributed by atoms with Crippen molar-refractivity contribution in [2.45, 2.75) is 20.8 Å². The molecule has 2 nitrogen and oxygen atoms in total. The number of hydrogen-bond acceptors (Lipinski definition) is 2. The molecule has 0 amide bonds. The summed E-state index contributed by atoms with van der Waals surface area (Å²) in [6.45, 7) is 5.41. The van der Waals surface area contributed by atoms with Crippen molar-refractivity contribution in [2.75, 3.05) is 0 Å². The normalized spacial score (nSPS) is 16.2. The van der Waals surface area contributed by atoms with Gasteiger partial charge in [0.25, 0.3) is 0 Å². The Morgan fingerprint density at radius 3 is 2.05 bits per heavy atom. The lowest BCUT2D eigenvalue weighted by Crippen LogP contribution is -1.97. The number of nitriles is 1. The Morgan fingerprint density at radius 2 is 1.58 bits per heavy atom. The van der Waals surface area contributed by atoms with E-state index in [0.29, 0.717) is 37.9 Å². The number of rotatable bonds is 0. The minimum absolute atomic E-state index is 0.0989. The van der Waals surface area contributed by atoms with Crippen LogP contribution in [0.25, 0.3) is 5.57 Å². The fourth-order valence-electron chi connectivity index (χ4n) is 2.25. The van der Waals surface area contributed by atoms with Crippen molar-refractivity contribution >= 4 is 34.6 Å². The van der Waals surface area contributed by atoms with Crippen LogP contribution in [0.1, 0.15) is 36.7 Å². The second kappa shape index (κ2) is 4.85. The first-order valence-corrected chi connectivity index (χ1v) is 6.47. The van der Waals surface area contributed by atoms with Gasteiger partial charge in [0.2, 0.25) is 0 Å². The van der Waals surface area contributed by atoms with E-state index < -0.39 is 0 Å². The lowest BCUT2D eigenvalue weighted by Gasteiger charge is -2.05. The highest BCUT2D eigenvalue weighted by Crippen LogP contribution is 2.43. The monoisotopic (exact) mass is 291 g/mol. The molecule has 0 unspecified atom stereocenters. The van der Waals surface area contributed by atoms with Crippen LogP contribution < -0.4 is 0 Å². The number of fused-ring (bicyclic) bond motifs is 1. The van der Waals surface area contributed by atoms with Crippen molar-refractivity contribution in [1.82, 2.24) is 0 Å². The van der Waals surface area contributed by atoms with Crippen LogP contribution in [0.4, 0.5) is 0 Å². The van der Waals surface area contributed by atoms with Crippen LogP contribution in [0.3, 0.4) is 0 Å². The molecule has 2 rings (SSSR count). The summed E-state index contributed by atoms with van der Waals surface area (Å²) in [5, 5.41) is 9.86. The number of benzene rings is 1. The van der Waals surface area contributed by atoms with E-state index in [1.165, 1.54) is 0 Å². The van der Waals surface area contributed by atoms with Crippen LogP contribution in [-0.4, -0.2) is 5.78 Å². The van der Waals surface area contributed by atoms with Gasteiger partial charge in [0.1, 0.15) is 0 Å². The van der Waals surface area contributed by atoms with Gasteiger partial charge in [0, 0.05) is 22.3 Å². The molecule has 19 heavy (non-hydrogen) atoms. The highest BCUT2D eigenvalue weighted by atomic mass is 35.5. The average Bonchev–Trinajstić information content (AvgIpc) is 2.63. The molecule has 4 heteroatoms. The molecule has 0 spiro atoms. The number of allylic oxidation sites excluding steroid dienone is 4. The lowest BCUT2D eigenvalue weighted by molar-refractivity contribution is 0.104. The number of carbonyl (C=O) groups is 1. The number of carbonyl (C=O) groups excluding carboxylic acids is 1. The molecule has 0 saturated heterocycles. The van der Waals surface area contributed by atoms with Crippen LogP contribution in [0.2, 0.25) is 10.0 Å². The van der Waals surface area contributed by atoms with Gasteiger partial charge in [-0.25, -0.2) is 0 Å². The first-order chi connectivity index (χ1) is 8.88. The van der Waals surface area contributed by atoms with E-state index in [4.69, 9.17) is 28.5 Å². The summed E-state index contributed by atoms with van der Waals surface area (Å²) < 4.78 is 0. The summed E-state index contributed by atoms with van der Waals surface area (Å²) in [4.78, 5) is 12.4. The summed E-state index contributed by atoms with van der Waals surface area (Å²) in [6, 6.07) is 5.33. The molecule has 1 aliphatic carbocycles. The van der Waals surface area contributed by atoms with Crippen LogP contribution in [0, 0.1) is 11.3 Å². The Bertz CT molecular complexity index is 702. The average molecular weight is 292 g/mol. The largest absolute Gasteiger partial charge is 0.289 e. The Morgan fingerprint density at radius 1 is 1.05 bits per heavy atom. The smallest absolute Gasteiger partial charge is 0.194 e. The van der Waals surface area contributed by atoms with E-state index in [0.717, 1.165) is 5.57 Å². The summed E-state index contributed by atoms with van der Waals surface area (Å²) in [6.07, 6.45) is 0. The lowest BCUT2D eigenvalue weighted by atomic mass is 9.97. The van der Waals surface area contributed by atoms with Crippen molar-refractivity contribution in [2.24, 2.45) is 0 Å². The molecule has 0 bridgehead atoms. The van der Waals surface area contributed by atoms with E-state index in [9.17, 15) is 4.79 Å². The molecular weight excluding hydrogens is 281 g/mol. The standard InChI is InChI=1S/C15H11Cl2NO/c1-7(2)13-14(8(3)6-18)9-4-11(16)12(17)5-10(9)15(13)19/h4-5H,1-3H3/b14-8+. The van der Waals surface area contributed by atoms with E-state index in [-0.39, 0.29) is 5.78 Å². The first kappa shape index (κ1) is 13.9. The van der Waals surface area contributed by atoms with Crippen molar-refractivity contribution in [1.29, 1.82) is 5.26 Å². The van der Waals surface area contributed by atoms with E-state index >= 15 is 0 Å². The zero-order valence-electron chi connectivity index (χ0n) is 10.8. The third kappa shape index (κ3) is 2.10. The third-order valence-electron chi connectivity index (χ3n) is 3.09. The van der Waals surface area contributed by atoms with Gasteiger partial charge in [-0.3, -0.25) is 4.79 Å². The fourth-order valence-corrected chi connectivity index (χ4v) is 2.57. The zero-order valence-corrected chi connectivity index (χ0v) is 12.3. The quantitative estimate of drug-likeness (QED) is 0.508. The maximum atomic E-state index is 12.4. The van der Waals surface area contributed by atoms with Gasteiger partial charge >= 0.3 is 0 Å². The molecule has 0 saturated carbocycles. The molecule has 0 heterocycles.